The van der Waals surface area contributed by atoms with E-state index in [0.717, 1.165) is 17.5 Å². The molecule has 0 amide bonds. The zero-order valence-electron chi connectivity index (χ0n) is 13.7. The smallest absolute Gasteiger partial charge is 0.203 e. The Labute approximate surface area is 127 Å². The predicted molar refractivity (Wildman–Crippen MR) is 85.7 cm³/mol. The van der Waals surface area contributed by atoms with Crippen LogP contribution < -0.4 is 19.5 Å². The maximum Gasteiger partial charge on any atom is 0.203 e. The molecule has 4 heteroatoms. The zero-order chi connectivity index (χ0) is 15.4. The molecule has 0 radical (unpaired) electrons. The summed E-state index contributed by atoms with van der Waals surface area (Å²) in [5, 5.41) is 3.62. The van der Waals surface area contributed by atoms with Crippen LogP contribution in [0.5, 0.6) is 17.2 Å². The Balaban J connectivity index is 2.16. The lowest BCUT2D eigenvalue weighted by Crippen LogP contribution is -2.30. The van der Waals surface area contributed by atoms with Crippen molar-refractivity contribution in [2.45, 2.75) is 39.2 Å². The third-order valence-electron chi connectivity index (χ3n) is 4.63. The van der Waals surface area contributed by atoms with Crippen LogP contribution in [0.4, 0.5) is 5.69 Å². The van der Waals surface area contributed by atoms with Gasteiger partial charge in [-0.25, -0.2) is 0 Å². The van der Waals surface area contributed by atoms with Crippen LogP contribution in [0.2, 0.25) is 0 Å². The minimum atomic E-state index is 0.513. The molecule has 1 aliphatic carbocycles. The summed E-state index contributed by atoms with van der Waals surface area (Å²) in [5.41, 5.74) is 1.02. The van der Waals surface area contributed by atoms with Gasteiger partial charge in [-0.05, 0) is 31.1 Å². The summed E-state index contributed by atoms with van der Waals surface area (Å²) in [4.78, 5) is 0. The molecule has 0 heterocycles. The lowest BCUT2D eigenvalue weighted by molar-refractivity contribution is 0.260. The Morgan fingerprint density at radius 1 is 0.905 bits per heavy atom. The van der Waals surface area contributed by atoms with Crippen molar-refractivity contribution in [2.24, 2.45) is 11.8 Å². The fraction of sp³-hybridized carbons (Fsp3) is 0.647. The second kappa shape index (κ2) is 6.92. The monoisotopic (exact) mass is 293 g/mol. The van der Waals surface area contributed by atoms with E-state index in [1.807, 2.05) is 12.1 Å². The first kappa shape index (κ1) is 15.8. The first-order chi connectivity index (χ1) is 10.1. The van der Waals surface area contributed by atoms with Gasteiger partial charge < -0.3 is 19.5 Å². The highest BCUT2D eigenvalue weighted by Crippen LogP contribution is 2.41. The normalized spacial score (nSPS) is 25.3. The van der Waals surface area contributed by atoms with Crippen LogP contribution in [0.3, 0.4) is 0 Å². The largest absolute Gasteiger partial charge is 0.493 e. The molecule has 4 nitrogen and oxygen atoms in total. The number of methoxy groups -OCH3 is 3. The van der Waals surface area contributed by atoms with Gasteiger partial charge in [0.15, 0.2) is 11.5 Å². The van der Waals surface area contributed by atoms with Crippen molar-refractivity contribution in [3.05, 3.63) is 12.1 Å². The lowest BCUT2D eigenvalue weighted by Gasteiger charge is -2.33. The number of benzene rings is 1. The molecule has 21 heavy (non-hydrogen) atoms. The maximum atomic E-state index is 5.40. The number of nitrogens with one attached hydrogen (secondary N) is 1. The van der Waals surface area contributed by atoms with Gasteiger partial charge in [0, 0.05) is 23.9 Å². The van der Waals surface area contributed by atoms with Crippen LogP contribution in [0.25, 0.3) is 0 Å². The summed E-state index contributed by atoms with van der Waals surface area (Å²) < 4.78 is 16.2. The highest BCUT2D eigenvalue weighted by Gasteiger charge is 2.25. The zero-order valence-corrected chi connectivity index (χ0v) is 13.7. The molecule has 1 aromatic carbocycles. The minimum absolute atomic E-state index is 0.513. The van der Waals surface area contributed by atoms with Crippen molar-refractivity contribution in [3.63, 3.8) is 0 Å². The average Bonchev–Trinajstić information content (AvgIpc) is 2.49. The van der Waals surface area contributed by atoms with Crippen molar-refractivity contribution in [2.75, 3.05) is 26.6 Å². The van der Waals surface area contributed by atoms with Gasteiger partial charge in [-0.3, -0.25) is 0 Å². The molecule has 1 aromatic rings. The number of hydrogen-bond donors (Lipinski definition) is 1. The summed E-state index contributed by atoms with van der Waals surface area (Å²) in [6, 6.07) is 4.47. The van der Waals surface area contributed by atoms with E-state index >= 15 is 0 Å². The van der Waals surface area contributed by atoms with Crippen molar-refractivity contribution >= 4 is 5.69 Å². The highest BCUT2D eigenvalue weighted by atomic mass is 16.5. The molecular formula is C17H27NO3. The lowest BCUT2D eigenvalue weighted by atomic mass is 9.79. The fourth-order valence-electron chi connectivity index (χ4n) is 3.08. The van der Waals surface area contributed by atoms with Gasteiger partial charge in [0.2, 0.25) is 5.75 Å². The van der Waals surface area contributed by atoms with Crippen LogP contribution in [-0.4, -0.2) is 27.4 Å². The predicted octanol–water partition coefficient (Wildman–Crippen LogP) is 3.95. The second-order valence-electron chi connectivity index (χ2n) is 6.02. The molecule has 1 fully saturated rings. The average molecular weight is 293 g/mol. The Bertz CT molecular complexity index is 450. The van der Waals surface area contributed by atoms with E-state index in [0.29, 0.717) is 23.3 Å². The van der Waals surface area contributed by atoms with Gasteiger partial charge in [0.1, 0.15) is 0 Å². The van der Waals surface area contributed by atoms with E-state index in [2.05, 4.69) is 19.2 Å². The summed E-state index contributed by atoms with van der Waals surface area (Å²) >= 11 is 0. The molecule has 0 saturated heterocycles. The number of rotatable bonds is 5. The molecule has 0 aliphatic heterocycles. The van der Waals surface area contributed by atoms with Crippen LogP contribution in [-0.2, 0) is 0 Å². The van der Waals surface area contributed by atoms with Crippen LogP contribution in [0.15, 0.2) is 12.1 Å². The van der Waals surface area contributed by atoms with E-state index < -0.39 is 0 Å². The molecule has 0 spiro atoms. The molecule has 3 atom stereocenters. The summed E-state index contributed by atoms with van der Waals surface area (Å²) in [7, 11) is 4.91. The van der Waals surface area contributed by atoms with Gasteiger partial charge in [-0.15, -0.1) is 0 Å². The third-order valence-corrected chi connectivity index (χ3v) is 4.63. The molecule has 0 bridgehead atoms. The Kier molecular flexibility index (Phi) is 5.21. The molecular weight excluding hydrogens is 266 g/mol. The third kappa shape index (κ3) is 3.55. The number of hydrogen-bond acceptors (Lipinski definition) is 4. The van der Waals surface area contributed by atoms with Crippen LogP contribution in [0.1, 0.15) is 33.1 Å². The van der Waals surface area contributed by atoms with Gasteiger partial charge in [0.05, 0.1) is 21.3 Å². The molecule has 1 aliphatic rings. The molecule has 1 N–H and O–H groups in total. The number of ether oxygens (including phenoxy) is 3. The van der Waals surface area contributed by atoms with Gasteiger partial charge >= 0.3 is 0 Å². The summed E-state index contributed by atoms with van der Waals surface area (Å²) in [6.07, 6.45) is 3.70. The molecule has 118 valence electrons. The maximum absolute atomic E-state index is 5.40. The van der Waals surface area contributed by atoms with Gasteiger partial charge in [-0.2, -0.15) is 0 Å². The van der Waals surface area contributed by atoms with Gasteiger partial charge in [-0.1, -0.05) is 13.8 Å². The van der Waals surface area contributed by atoms with E-state index in [-0.39, 0.29) is 0 Å². The standard InChI is InChI=1S/C17H27NO3/c1-11-6-7-13(8-12(11)2)18-14-9-15(19-3)17(21-5)16(10-14)20-4/h9-13,18H,6-8H2,1-5H3. The minimum Gasteiger partial charge on any atom is -0.493 e. The van der Waals surface area contributed by atoms with E-state index in [1.54, 1.807) is 21.3 Å². The number of anilines is 1. The SMILES string of the molecule is COc1cc(NC2CCC(C)C(C)C2)cc(OC)c1OC. The summed E-state index contributed by atoms with van der Waals surface area (Å²) in [6.45, 7) is 4.69. The fourth-order valence-corrected chi connectivity index (χ4v) is 3.08. The van der Waals surface area contributed by atoms with Gasteiger partial charge in [0.25, 0.3) is 0 Å². The van der Waals surface area contributed by atoms with Crippen LogP contribution >= 0.6 is 0 Å². The Morgan fingerprint density at radius 3 is 2.00 bits per heavy atom. The summed E-state index contributed by atoms with van der Waals surface area (Å²) in [5.74, 6) is 3.60. The van der Waals surface area contributed by atoms with Crippen molar-refractivity contribution in [3.8, 4) is 17.2 Å². The first-order valence-electron chi connectivity index (χ1n) is 7.65. The topological polar surface area (TPSA) is 39.7 Å². The van der Waals surface area contributed by atoms with E-state index in [4.69, 9.17) is 14.2 Å². The molecule has 1 saturated carbocycles. The Morgan fingerprint density at radius 2 is 1.52 bits per heavy atom. The second-order valence-corrected chi connectivity index (χ2v) is 6.02. The van der Waals surface area contributed by atoms with Crippen molar-refractivity contribution < 1.29 is 14.2 Å². The van der Waals surface area contributed by atoms with Crippen LogP contribution in [0, 0.1) is 11.8 Å². The van der Waals surface area contributed by atoms with E-state index in [9.17, 15) is 0 Å². The Hall–Kier alpha value is -1.58. The molecule has 3 unspecified atom stereocenters. The molecule has 2 rings (SSSR count). The van der Waals surface area contributed by atoms with Crippen molar-refractivity contribution in [1.82, 2.24) is 0 Å². The molecule has 0 aromatic heterocycles. The first-order valence-corrected chi connectivity index (χ1v) is 7.65. The highest BCUT2D eigenvalue weighted by molar-refractivity contribution is 5.62. The van der Waals surface area contributed by atoms with E-state index in [1.165, 1.54) is 19.3 Å². The van der Waals surface area contributed by atoms with Crippen molar-refractivity contribution in [1.29, 1.82) is 0 Å². The quantitative estimate of drug-likeness (QED) is 0.892.